The van der Waals surface area contributed by atoms with Crippen LogP contribution >= 0.6 is 10.9 Å². The zero-order valence-electron chi connectivity index (χ0n) is 24.3. The Bertz CT molecular complexity index is 1650. The van der Waals surface area contributed by atoms with Crippen molar-refractivity contribution in [1.29, 1.82) is 0 Å². The minimum atomic E-state index is -3.55. The average Bonchev–Trinajstić information content (AvgIpc) is 3.43. The molecule has 0 aliphatic heterocycles. The minimum absolute atomic E-state index is 0.337. The van der Waals surface area contributed by atoms with Gasteiger partial charge in [0.2, 0.25) is 0 Å². The molecule has 0 spiro atoms. The lowest BCUT2D eigenvalue weighted by atomic mass is 10.1. The number of hydrogen-bond donors (Lipinski definition) is 2. The van der Waals surface area contributed by atoms with E-state index in [-0.39, 0.29) is 0 Å². The van der Waals surface area contributed by atoms with Crippen molar-refractivity contribution in [2.75, 3.05) is 14.2 Å². The van der Waals surface area contributed by atoms with Gasteiger partial charge in [0, 0.05) is 17.8 Å². The van der Waals surface area contributed by atoms with Gasteiger partial charge >= 0.3 is 0 Å². The van der Waals surface area contributed by atoms with Crippen molar-refractivity contribution in [2.24, 2.45) is 0 Å². The number of unbranched alkanes of at least 4 members (excludes halogenated alkanes) is 2. The van der Waals surface area contributed by atoms with Crippen molar-refractivity contribution in [2.45, 2.75) is 50.5 Å². The Balaban J connectivity index is 1.25. The summed E-state index contributed by atoms with van der Waals surface area (Å²) in [6.45, 7) is 2.93. The number of aromatic nitrogens is 2. The molecule has 0 unspecified atom stereocenters. The number of nitrogens with zero attached hydrogens (tertiary/aromatic N) is 2. The summed E-state index contributed by atoms with van der Waals surface area (Å²) in [6, 6.07) is 28.7. The van der Waals surface area contributed by atoms with Crippen molar-refractivity contribution < 1.29 is 22.8 Å². The highest BCUT2D eigenvalue weighted by Gasteiger charge is 2.25. The predicted molar refractivity (Wildman–Crippen MR) is 170 cm³/mol. The first kappa shape index (κ1) is 29.5. The molecule has 0 atom stereocenters. The third-order valence-electron chi connectivity index (χ3n) is 7.41. The number of rotatable bonds is 13. The maximum Gasteiger partial charge on any atom is 0.161 e. The molecule has 220 valence electrons. The van der Waals surface area contributed by atoms with Gasteiger partial charge in [-0.05, 0) is 84.5 Å². The highest BCUT2D eigenvalue weighted by atomic mass is 32.3. The van der Waals surface area contributed by atoms with E-state index < -0.39 is 10.9 Å². The molecule has 0 aliphatic rings. The van der Waals surface area contributed by atoms with Gasteiger partial charge in [0.05, 0.1) is 24.8 Å². The smallest absolute Gasteiger partial charge is 0.161 e. The van der Waals surface area contributed by atoms with E-state index in [1.807, 2.05) is 60.7 Å². The molecule has 2 N–H and O–H groups in total. The lowest BCUT2D eigenvalue weighted by Gasteiger charge is -2.28. The van der Waals surface area contributed by atoms with Crippen LogP contribution in [0.5, 0.6) is 17.2 Å². The number of hydrogen-bond acceptors (Lipinski definition) is 6. The third kappa shape index (κ3) is 6.73. The zero-order valence-corrected chi connectivity index (χ0v) is 25.1. The van der Waals surface area contributed by atoms with Crippen molar-refractivity contribution in [1.82, 2.24) is 9.78 Å². The summed E-state index contributed by atoms with van der Waals surface area (Å²) < 4.78 is 40.9. The van der Waals surface area contributed by atoms with Gasteiger partial charge in [-0.15, -0.1) is 0 Å². The van der Waals surface area contributed by atoms with Gasteiger partial charge in [-0.3, -0.25) is 13.8 Å². The summed E-state index contributed by atoms with van der Waals surface area (Å²) in [6.07, 6.45) is 4.95. The molecular weight excluding hydrogens is 548 g/mol. The highest BCUT2D eigenvalue weighted by molar-refractivity contribution is 8.20. The summed E-state index contributed by atoms with van der Waals surface area (Å²) in [4.78, 5) is 0.337. The van der Waals surface area contributed by atoms with Crippen LogP contribution in [-0.4, -0.2) is 33.1 Å². The van der Waals surface area contributed by atoms with Crippen LogP contribution in [0.1, 0.15) is 37.4 Å². The van der Waals surface area contributed by atoms with Crippen LogP contribution in [0.3, 0.4) is 0 Å². The van der Waals surface area contributed by atoms with Gasteiger partial charge in [-0.2, -0.15) is 5.10 Å². The molecule has 0 fully saturated rings. The number of ether oxygens (including phenoxy) is 2. The topological polar surface area (TPSA) is 86.0 Å². The van der Waals surface area contributed by atoms with Gasteiger partial charge in [-0.1, -0.05) is 61.9 Å². The second-order valence-corrected chi connectivity index (χ2v) is 11.8. The van der Waals surface area contributed by atoms with E-state index in [1.165, 1.54) is 5.56 Å². The molecule has 1 aromatic heterocycles. The molecule has 0 bridgehead atoms. The Morgan fingerprint density at radius 1 is 0.738 bits per heavy atom. The van der Waals surface area contributed by atoms with Crippen LogP contribution in [0.2, 0.25) is 0 Å². The summed E-state index contributed by atoms with van der Waals surface area (Å²) in [5.74, 6) is 1.89. The van der Waals surface area contributed by atoms with E-state index >= 15 is 0 Å². The van der Waals surface area contributed by atoms with Crippen molar-refractivity contribution in [3.63, 3.8) is 0 Å². The number of para-hydroxylation sites is 1. The SMILES string of the molecule is CCc1cc(-c2ccccc2OS(O)(O)c2ccc3ccccc3c2)nn1CCCCCc1ccc(OC)c(OC)c1. The number of benzene rings is 4. The maximum atomic E-state index is 11.1. The number of aryl methyl sites for hydroxylation is 3. The van der Waals surface area contributed by atoms with Crippen LogP contribution in [-0.2, 0) is 19.4 Å². The van der Waals surface area contributed by atoms with Gasteiger partial charge in [-0.25, -0.2) is 0 Å². The first-order chi connectivity index (χ1) is 20.4. The lowest BCUT2D eigenvalue weighted by molar-refractivity contribution is 0.354. The zero-order chi connectivity index (χ0) is 29.5. The van der Waals surface area contributed by atoms with E-state index in [9.17, 15) is 9.11 Å². The summed E-state index contributed by atoms with van der Waals surface area (Å²) in [5.41, 5.74) is 3.83. The highest BCUT2D eigenvalue weighted by Crippen LogP contribution is 2.51. The van der Waals surface area contributed by atoms with E-state index in [0.717, 1.165) is 77.9 Å². The fraction of sp³-hybridized carbons (Fsp3) is 0.265. The van der Waals surface area contributed by atoms with Crippen LogP contribution in [0.4, 0.5) is 0 Å². The molecule has 5 aromatic rings. The second-order valence-electron chi connectivity index (χ2n) is 10.2. The van der Waals surface area contributed by atoms with Crippen LogP contribution in [0.15, 0.2) is 95.9 Å². The normalized spacial score (nSPS) is 11.9. The van der Waals surface area contributed by atoms with E-state index in [1.54, 1.807) is 32.4 Å². The molecule has 0 amide bonds. The molecule has 7 nitrogen and oxygen atoms in total. The Labute approximate surface area is 249 Å². The quantitative estimate of drug-likeness (QED) is 0.134. The van der Waals surface area contributed by atoms with Crippen LogP contribution in [0.25, 0.3) is 22.0 Å². The van der Waals surface area contributed by atoms with Gasteiger partial charge in [0.15, 0.2) is 22.4 Å². The molecule has 1 heterocycles. The molecule has 0 saturated heterocycles. The van der Waals surface area contributed by atoms with Crippen LogP contribution < -0.4 is 13.7 Å². The number of methoxy groups -OCH3 is 2. The first-order valence-corrected chi connectivity index (χ1v) is 15.7. The molecule has 4 aromatic carbocycles. The average molecular weight is 587 g/mol. The Kier molecular flexibility index (Phi) is 9.37. The first-order valence-electron chi connectivity index (χ1n) is 14.3. The molecular formula is C34H38N2O5S. The predicted octanol–water partition coefficient (Wildman–Crippen LogP) is 8.80. The molecule has 0 aliphatic carbocycles. The maximum absolute atomic E-state index is 11.1. The van der Waals surface area contributed by atoms with Gasteiger partial charge in [0.1, 0.15) is 5.75 Å². The van der Waals surface area contributed by atoms with E-state index in [2.05, 4.69) is 23.7 Å². The standard InChI is InChI=1S/C34H38N2O5S/c1-4-28-24-31(35-36(28)21-11-5-6-12-25-17-20-33(39-2)34(22-25)40-3)30-15-9-10-16-32(30)41-42(37,38)29-19-18-26-13-7-8-14-27(26)23-29/h7-10,13-20,22-24,37-38H,4-6,11-12,21H2,1-3H3. The molecule has 42 heavy (non-hydrogen) atoms. The van der Waals surface area contributed by atoms with Crippen LogP contribution in [0, 0.1) is 0 Å². The van der Waals surface area contributed by atoms with E-state index in [4.69, 9.17) is 18.8 Å². The lowest BCUT2D eigenvalue weighted by Crippen LogP contribution is -2.07. The monoisotopic (exact) mass is 586 g/mol. The Morgan fingerprint density at radius 2 is 1.50 bits per heavy atom. The Hall–Kier alpha value is -3.98. The molecule has 0 saturated carbocycles. The molecule has 5 rings (SSSR count). The van der Waals surface area contributed by atoms with Crippen molar-refractivity contribution in [3.8, 4) is 28.5 Å². The van der Waals surface area contributed by atoms with Crippen molar-refractivity contribution in [3.05, 3.63) is 102 Å². The largest absolute Gasteiger partial charge is 0.493 e. The fourth-order valence-electron chi connectivity index (χ4n) is 5.13. The summed E-state index contributed by atoms with van der Waals surface area (Å²) >= 11 is 0. The fourth-order valence-corrected chi connectivity index (χ4v) is 6.14. The molecule has 0 radical (unpaired) electrons. The van der Waals surface area contributed by atoms with E-state index in [0.29, 0.717) is 10.6 Å². The molecule has 8 heteroatoms. The Morgan fingerprint density at radius 3 is 2.29 bits per heavy atom. The third-order valence-corrected chi connectivity index (χ3v) is 8.69. The van der Waals surface area contributed by atoms with Gasteiger partial charge < -0.3 is 13.7 Å². The summed E-state index contributed by atoms with van der Waals surface area (Å²) in [7, 11) is -0.240. The minimum Gasteiger partial charge on any atom is -0.493 e. The van der Waals surface area contributed by atoms with Gasteiger partial charge in [0.25, 0.3) is 0 Å². The second kappa shape index (κ2) is 13.3. The van der Waals surface area contributed by atoms with Crippen molar-refractivity contribution >= 4 is 21.6 Å². The number of fused-ring (bicyclic) bond motifs is 1. The summed E-state index contributed by atoms with van der Waals surface area (Å²) in [5, 5.41) is 6.85.